The summed E-state index contributed by atoms with van der Waals surface area (Å²) in [4.78, 5) is 43.3. The summed E-state index contributed by atoms with van der Waals surface area (Å²) in [6.07, 6.45) is 2.71. The van der Waals surface area contributed by atoms with Gasteiger partial charge in [-0.3, -0.25) is 9.59 Å². The van der Waals surface area contributed by atoms with E-state index in [4.69, 9.17) is 4.98 Å². The van der Waals surface area contributed by atoms with Crippen molar-refractivity contribution in [1.82, 2.24) is 14.9 Å². The molecule has 3 fully saturated rings. The van der Waals surface area contributed by atoms with Crippen LogP contribution < -0.4 is 14.7 Å². The first kappa shape index (κ1) is 20.7. The second-order valence-electron chi connectivity index (χ2n) is 8.91. The number of carbonyl (C=O) groups is 2. The van der Waals surface area contributed by atoms with Crippen LogP contribution in [0.3, 0.4) is 0 Å². The third kappa shape index (κ3) is 4.13. The van der Waals surface area contributed by atoms with Gasteiger partial charge < -0.3 is 19.6 Å². The van der Waals surface area contributed by atoms with Gasteiger partial charge in [0.2, 0.25) is 17.8 Å². The number of aryl methyl sites for hydroxylation is 1. The summed E-state index contributed by atoms with van der Waals surface area (Å²) in [6, 6.07) is 11.7. The molecule has 0 aliphatic carbocycles. The van der Waals surface area contributed by atoms with Gasteiger partial charge in [0.15, 0.2) is 0 Å². The first-order chi connectivity index (χ1) is 15.6. The molecule has 4 heterocycles. The van der Waals surface area contributed by atoms with E-state index in [-0.39, 0.29) is 24.2 Å². The SMILES string of the molecule is Cc1cc(N2CCCC2)nc(N2CCN(C(=O)C3CC(=O)N(c4ccccc4)C3)CC2)n1. The van der Waals surface area contributed by atoms with Gasteiger partial charge in [-0.05, 0) is 31.9 Å². The van der Waals surface area contributed by atoms with Gasteiger partial charge in [0.1, 0.15) is 5.82 Å². The molecule has 168 valence electrons. The lowest BCUT2D eigenvalue weighted by molar-refractivity contribution is -0.136. The van der Waals surface area contributed by atoms with Crippen molar-refractivity contribution in [2.45, 2.75) is 26.2 Å². The Morgan fingerprint density at radius 1 is 0.938 bits per heavy atom. The summed E-state index contributed by atoms with van der Waals surface area (Å²) < 4.78 is 0. The predicted octanol–water partition coefficient (Wildman–Crippen LogP) is 2.09. The van der Waals surface area contributed by atoms with Gasteiger partial charge in [0.25, 0.3) is 0 Å². The minimum Gasteiger partial charge on any atom is -0.356 e. The third-order valence-electron chi connectivity index (χ3n) is 6.68. The Morgan fingerprint density at radius 2 is 1.66 bits per heavy atom. The molecule has 1 unspecified atom stereocenters. The lowest BCUT2D eigenvalue weighted by atomic mass is 10.1. The lowest BCUT2D eigenvalue weighted by Crippen LogP contribution is -2.51. The fourth-order valence-electron chi connectivity index (χ4n) is 4.90. The molecule has 1 atom stereocenters. The van der Waals surface area contributed by atoms with Gasteiger partial charge in [-0.1, -0.05) is 18.2 Å². The quantitative estimate of drug-likeness (QED) is 0.734. The molecular formula is C24H30N6O2. The van der Waals surface area contributed by atoms with E-state index in [9.17, 15) is 9.59 Å². The number of anilines is 3. The fraction of sp³-hybridized carbons (Fsp3) is 0.500. The van der Waals surface area contributed by atoms with E-state index in [2.05, 4.69) is 20.9 Å². The van der Waals surface area contributed by atoms with Crippen molar-refractivity contribution < 1.29 is 9.59 Å². The smallest absolute Gasteiger partial charge is 0.228 e. The molecule has 0 N–H and O–H groups in total. The monoisotopic (exact) mass is 434 g/mol. The number of para-hydroxylation sites is 1. The van der Waals surface area contributed by atoms with Crippen molar-refractivity contribution in [1.29, 1.82) is 0 Å². The fourth-order valence-corrected chi connectivity index (χ4v) is 4.90. The topological polar surface area (TPSA) is 72.9 Å². The molecule has 1 aromatic heterocycles. The molecule has 3 aliphatic rings. The van der Waals surface area contributed by atoms with E-state index in [1.165, 1.54) is 12.8 Å². The van der Waals surface area contributed by atoms with E-state index in [1.54, 1.807) is 4.90 Å². The number of aromatic nitrogens is 2. The van der Waals surface area contributed by atoms with Crippen molar-refractivity contribution >= 4 is 29.3 Å². The van der Waals surface area contributed by atoms with Crippen molar-refractivity contribution in [2.24, 2.45) is 5.92 Å². The molecule has 8 heteroatoms. The Balaban J connectivity index is 1.21. The molecule has 5 rings (SSSR count). The van der Waals surface area contributed by atoms with Crippen molar-refractivity contribution in [3.8, 4) is 0 Å². The van der Waals surface area contributed by atoms with E-state index >= 15 is 0 Å². The van der Waals surface area contributed by atoms with E-state index in [0.717, 1.165) is 36.2 Å². The van der Waals surface area contributed by atoms with E-state index in [1.807, 2.05) is 42.2 Å². The Hall–Kier alpha value is -3.16. The van der Waals surface area contributed by atoms with Crippen LogP contribution in [-0.4, -0.2) is 72.5 Å². The summed E-state index contributed by atoms with van der Waals surface area (Å²) in [5, 5.41) is 0. The molecule has 0 spiro atoms. The first-order valence-electron chi connectivity index (χ1n) is 11.6. The second kappa shape index (κ2) is 8.76. The van der Waals surface area contributed by atoms with Crippen LogP contribution in [0.4, 0.5) is 17.5 Å². The van der Waals surface area contributed by atoms with Crippen molar-refractivity contribution in [2.75, 3.05) is 60.5 Å². The minimum absolute atomic E-state index is 0.0239. The molecule has 2 aromatic rings. The zero-order valence-corrected chi connectivity index (χ0v) is 18.6. The summed E-state index contributed by atoms with van der Waals surface area (Å²) in [5.74, 6) is 1.60. The first-order valence-corrected chi connectivity index (χ1v) is 11.6. The number of piperazine rings is 1. The van der Waals surface area contributed by atoms with Crippen LogP contribution in [0.2, 0.25) is 0 Å². The van der Waals surface area contributed by atoms with Crippen LogP contribution in [0.1, 0.15) is 25.0 Å². The maximum absolute atomic E-state index is 13.1. The van der Waals surface area contributed by atoms with Crippen LogP contribution in [0.5, 0.6) is 0 Å². The maximum atomic E-state index is 13.1. The Morgan fingerprint density at radius 3 is 2.38 bits per heavy atom. The Kier molecular flexibility index (Phi) is 5.68. The third-order valence-corrected chi connectivity index (χ3v) is 6.68. The number of rotatable bonds is 4. The number of carbonyl (C=O) groups excluding carboxylic acids is 2. The lowest BCUT2D eigenvalue weighted by Gasteiger charge is -2.36. The van der Waals surface area contributed by atoms with E-state index < -0.39 is 0 Å². The Labute approximate surface area is 188 Å². The Bertz CT molecular complexity index is 983. The van der Waals surface area contributed by atoms with Gasteiger partial charge in [0, 0.05) is 69.7 Å². The van der Waals surface area contributed by atoms with Crippen LogP contribution in [0.15, 0.2) is 36.4 Å². The molecule has 1 aromatic carbocycles. The highest BCUT2D eigenvalue weighted by atomic mass is 16.2. The largest absolute Gasteiger partial charge is 0.356 e. The van der Waals surface area contributed by atoms with Crippen LogP contribution in [0, 0.1) is 12.8 Å². The van der Waals surface area contributed by atoms with Crippen molar-refractivity contribution in [3.05, 3.63) is 42.1 Å². The summed E-state index contributed by atoms with van der Waals surface area (Å²) in [6.45, 7) is 7.25. The zero-order valence-electron chi connectivity index (χ0n) is 18.6. The maximum Gasteiger partial charge on any atom is 0.228 e. The van der Waals surface area contributed by atoms with Gasteiger partial charge in [0.05, 0.1) is 5.92 Å². The molecule has 0 radical (unpaired) electrons. The predicted molar refractivity (Wildman–Crippen MR) is 124 cm³/mol. The average molecular weight is 435 g/mol. The number of amides is 2. The molecule has 32 heavy (non-hydrogen) atoms. The second-order valence-corrected chi connectivity index (χ2v) is 8.91. The summed E-state index contributed by atoms with van der Waals surface area (Å²) in [7, 11) is 0. The zero-order chi connectivity index (χ0) is 22.1. The van der Waals surface area contributed by atoms with Crippen LogP contribution in [0.25, 0.3) is 0 Å². The number of hydrogen-bond donors (Lipinski definition) is 0. The van der Waals surface area contributed by atoms with Crippen LogP contribution in [-0.2, 0) is 9.59 Å². The number of hydrogen-bond acceptors (Lipinski definition) is 6. The molecule has 0 bridgehead atoms. The molecule has 0 saturated carbocycles. The molecule has 2 amide bonds. The molecular weight excluding hydrogens is 404 g/mol. The van der Waals surface area contributed by atoms with E-state index in [0.29, 0.717) is 32.7 Å². The molecule has 3 aliphatic heterocycles. The van der Waals surface area contributed by atoms with Gasteiger partial charge >= 0.3 is 0 Å². The molecule has 8 nitrogen and oxygen atoms in total. The summed E-state index contributed by atoms with van der Waals surface area (Å²) >= 11 is 0. The van der Waals surface area contributed by atoms with Gasteiger partial charge in [-0.15, -0.1) is 0 Å². The highest BCUT2D eigenvalue weighted by Crippen LogP contribution is 2.27. The highest BCUT2D eigenvalue weighted by molar-refractivity contribution is 6.00. The number of benzene rings is 1. The number of nitrogens with zero attached hydrogens (tertiary/aromatic N) is 6. The average Bonchev–Trinajstić information content (AvgIpc) is 3.49. The molecule has 3 saturated heterocycles. The van der Waals surface area contributed by atoms with Crippen LogP contribution >= 0.6 is 0 Å². The minimum atomic E-state index is -0.272. The highest BCUT2D eigenvalue weighted by Gasteiger charge is 2.38. The standard InChI is InChI=1S/C24H30N6O2/c1-18-15-21(27-9-5-6-10-27)26-24(25-18)29-13-11-28(12-14-29)23(32)19-16-22(31)30(17-19)20-7-3-2-4-8-20/h2-4,7-8,15,19H,5-6,9-14,16-17H2,1H3. The van der Waals surface area contributed by atoms with Gasteiger partial charge in [-0.2, -0.15) is 4.98 Å². The normalized spacial score (nSPS) is 21.5. The van der Waals surface area contributed by atoms with Gasteiger partial charge in [-0.25, -0.2) is 4.98 Å². The summed E-state index contributed by atoms with van der Waals surface area (Å²) in [5.41, 5.74) is 1.84. The van der Waals surface area contributed by atoms with Crippen molar-refractivity contribution in [3.63, 3.8) is 0 Å².